The van der Waals surface area contributed by atoms with E-state index in [0.717, 1.165) is 74.8 Å². The lowest BCUT2D eigenvalue weighted by atomic mass is 9.78. The molecule has 0 amide bonds. The van der Waals surface area contributed by atoms with Crippen molar-refractivity contribution in [1.82, 2.24) is 30.0 Å². The Morgan fingerprint density at radius 1 is 0.614 bits per heavy atom. The van der Waals surface area contributed by atoms with Crippen LogP contribution in [0.4, 0.5) is 0 Å². The fourth-order valence-corrected chi connectivity index (χ4v) is 8.17. The number of rotatable bonds is 13. The van der Waals surface area contributed by atoms with Crippen molar-refractivity contribution >= 4 is 34.0 Å². The maximum Gasteiger partial charge on any atom is 0.309 e. The Balaban J connectivity index is 0.000000218. The van der Waals surface area contributed by atoms with Gasteiger partial charge < -0.3 is 9.47 Å². The molecule has 0 aliphatic heterocycles. The van der Waals surface area contributed by atoms with Crippen molar-refractivity contribution in [2.24, 2.45) is 18.9 Å². The fourth-order valence-electron chi connectivity index (χ4n) is 8.17. The van der Waals surface area contributed by atoms with Gasteiger partial charge in [-0.2, -0.15) is 0 Å². The van der Waals surface area contributed by atoms with Crippen LogP contribution in [0, 0.1) is 39.5 Å². The molecule has 6 aromatic rings. The molecule has 0 bridgehead atoms. The molecule has 0 N–H and O–H groups in total. The second-order valence-corrected chi connectivity index (χ2v) is 15.0. The molecule has 2 unspecified atom stereocenters. The third kappa shape index (κ3) is 8.80. The highest BCUT2D eigenvalue weighted by atomic mass is 16.5. The first-order chi connectivity index (χ1) is 27.3. The van der Waals surface area contributed by atoms with Crippen molar-refractivity contribution in [3.05, 3.63) is 116 Å². The van der Waals surface area contributed by atoms with E-state index in [9.17, 15) is 9.59 Å². The number of fused-ring (bicyclic) bond motifs is 2. The van der Waals surface area contributed by atoms with E-state index < -0.39 is 0 Å². The van der Waals surface area contributed by atoms with Gasteiger partial charge in [0, 0.05) is 25.4 Å². The molecule has 0 aliphatic carbocycles. The van der Waals surface area contributed by atoms with Crippen molar-refractivity contribution in [2.75, 3.05) is 13.2 Å². The quantitative estimate of drug-likeness (QED) is 0.107. The summed E-state index contributed by atoms with van der Waals surface area (Å²) in [4.78, 5) is 25.4. The number of nitrogens with zero attached hydrogens (tertiary/aromatic N) is 6. The zero-order chi connectivity index (χ0) is 41.6. The van der Waals surface area contributed by atoms with E-state index >= 15 is 0 Å². The van der Waals surface area contributed by atoms with Gasteiger partial charge >= 0.3 is 11.9 Å². The molecule has 4 atom stereocenters. The van der Waals surface area contributed by atoms with Crippen LogP contribution >= 0.6 is 0 Å². The molecule has 302 valence electrons. The molecular formula is C47H60N6O4. The smallest absolute Gasteiger partial charge is 0.309 e. The molecule has 10 nitrogen and oxygen atoms in total. The van der Waals surface area contributed by atoms with Gasteiger partial charge in [-0.05, 0) is 129 Å². The summed E-state index contributed by atoms with van der Waals surface area (Å²) in [7, 11) is 1.89. The Labute approximate surface area is 338 Å². The van der Waals surface area contributed by atoms with E-state index in [-0.39, 0.29) is 35.6 Å². The van der Waals surface area contributed by atoms with Crippen LogP contribution in [0.2, 0.25) is 0 Å². The van der Waals surface area contributed by atoms with Crippen LogP contribution in [-0.2, 0) is 45.5 Å². The SMILES string of the molecule is CCOC(=O)C(C)[C@H](c1ccc(C)c(CC)c1)c1ccc2c(nnn2C)c1C.CCOC(=O)C(C)[C@H](c1ccc(C)c(CC)c1)c1ccc2c(nnn2CC)c1C. The van der Waals surface area contributed by atoms with E-state index in [1.165, 1.54) is 22.3 Å². The van der Waals surface area contributed by atoms with Crippen LogP contribution in [0.3, 0.4) is 0 Å². The minimum atomic E-state index is -0.306. The highest BCUT2D eigenvalue weighted by Gasteiger charge is 2.32. The minimum absolute atomic E-state index is 0.101. The molecule has 57 heavy (non-hydrogen) atoms. The summed E-state index contributed by atoms with van der Waals surface area (Å²) in [5.41, 5.74) is 15.5. The lowest BCUT2D eigenvalue weighted by molar-refractivity contribution is -0.148. The van der Waals surface area contributed by atoms with Crippen LogP contribution < -0.4 is 0 Å². The fraction of sp³-hybridized carbons (Fsp3) is 0.447. The third-order valence-corrected chi connectivity index (χ3v) is 11.6. The Morgan fingerprint density at radius 3 is 1.49 bits per heavy atom. The maximum atomic E-state index is 12.7. The van der Waals surface area contributed by atoms with Crippen LogP contribution in [0.5, 0.6) is 0 Å². The highest BCUT2D eigenvalue weighted by molar-refractivity contribution is 5.82. The second-order valence-electron chi connectivity index (χ2n) is 15.0. The van der Waals surface area contributed by atoms with Gasteiger partial charge in [0.05, 0.1) is 36.1 Å². The van der Waals surface area contributed by atoms with Gasteiger partial charge in [0.1, 0.15) is 11.0 Å². The van der Waals surface area contributed by atoms with E-state index in [1.807, 2.05) is 45.5 Å². The second kappa shape index (κ2) is 18.7. The zero-order valence-corrected chi connectivity index (χ0v) is 35.9. The number of carbonyl (C=O) groups excluding carboxylic acids is 2. The van der Waals surface area contributed by atoms with Crippen LogP contribution in [-0.4, -0.2) is 55.1 Å². The van der Waals surface area contributed by atoms with E-state index in [2.05, 4.69) is 124 Å². The third-order valence-electron chi connectivity index (χ3n) is 11.6. The van der Waals surface area contributed by atoms with Gasteiger partial charge in [0.15, 0.2) is 0 Å². The summed E-state index contributed by atoms with van der Waals surface area (Å²) in [6.45, 7) is 23.9. The molecule has 0 fully saturated rings. The topological polar surface area (TPSA) is 114 Å². The first-order valence-corrected chi connectivity index (χ1v) is 20.4. The average molecular weight is 773 g/mol. The number of benzene rings is 4. The van der Waals surface area contributed by atoms with Crippen molar-refractivity contribution < 1.29 is 19.1 Å². The lowest BCUT2D eigenvalue weighted by Crippen LogP contribution is -2.23. The average Bonchev–Trinajstić information content (AvgIpc) is 3.81. The predicted molar refractivity (Wildman–Crippen MR) is 228 cm³/mol. The number of aromatic nitrogens is 6. The highest BCUT2D eigenvalue weighted by Crippen LogP contribution is 2.39. The summed E-state index contributed by atoms with van der Waals surface area (Å²) < 4.78 is 14.4. The van der Waals surface area contributed by atoms with Gasteiger partial charge in [-0.15, -0.1) is 10.2 Å². The Kier molecular flexibility index (Phi) is 14.0. The number of esters is 2. The molecule has 10 heteroatoms. The molecule has 4 aromatic carbocycles. The van der Waals surface area contributed by atoms with Gasteiger partial charge in [-0.1, -0.05) is 86.7 Å². The number of carbonyl (C=O) groups is 2. The van der Waals surface area contributed by atoms with Crippen molar-refractivity contribution in [3.63, 3.8) is 0 Å². The molecule has 0 radical (unpaired) electrons. The summed E-state index contributed by atoms with van der Waals surface area (Å²) in [6, 6.07) is 21.4. The largest absolute Gasteiger partial charge is 0.466 e. The van der Waals surface area contributed by atoms with Gasteiger partial charge in [-0.25, -0.2) is 9.36 Å². The number of hydrogen-bond donors (Lipinski definition) is 0. The first kappa shape index (κ1) is 42.8. The van der Waals surface area contributed by atoms with E-state index in [1.54, 1.807) is 4.68 Å². The van der Waals surface area contributed by atoms with E-state index in [0.29, 0.717) is 13.2 Å². The van der Waals surface area contributed by atoms with Crippen LogP contribution in [0.15, 0.2) is 60.7 Å². The Hall–Kier alpha value is -5.38. The summed E-state index contributed by atoms with van der Waals surface area (Å²) in [5, 5.41) is 17.2. The van der Waals surface area contributed by atoms with Crippen molar-refractivity contribution in [3.8, 4) is 0 Å². The van der Waals surface area contributed by atoms with Crippen LogP contribution in [0.1, 0.15) is 116 Å². The van der Waals surface area contributed by atoms with Crippen molar-refractivity contribution in [2.45, 2.75) is 107 Å². The monoisotopic (exact) mass is 772 g/mol. The molecule has 2 heterocycles. The first-order valence-electron chi connectivity index (χ1n) is 20.4. The molecule has 0 saturated carbocycles. The van der Waals surface area contributed by atoms with Crippen LogP contribution in [0.25, 0.3) is 22.1 Å². The maximum absolute atomic E-state index is 12.7. The lowest BCUT2D eigenvalue weighted by Gasteiger charge is -2.26. The number of ether oxygens (including phenoxy) is 2. The predicted octanol–water partition coefficient (Wildman–Crippen LogP) is 9.44. The standard InChI is InChI=1S/C24H31N3O2.C23H29N3O2/c1-7-18-14-19(11-10-15(18)4)22(17(6)24(28)29-9-3)20-12-13-21-23(16(20)5)25-26-27(21)8-2;1-7-17-13-18(10-9-14(17)3)21(16(5)23(27)28-8-2)19-11-12-20-22(15(19)4)24-25-26(20)6/h10-14,17,22H,7-9H2,1-6H3;9-13,16,21H,7-8H2,1-6H3/t17?,22-;16?,21-/m11/s1. The number of aryl methyl sites for hydroxylation is 8. The van der Waals surface area contributed by atoms with Crippen molar-refractivity contribution in [1.29, 1.82) is 0 Å². The van der Waals surface area contributed by atoms with Gasteiger partial charge in [-0.3, -0.25) is 9.59 Å². The molecule has 0 spiro atoms. The summed E-state index contributed by atoms with van der Waals surface area (Å²) in [5.74, 6) is -1.16. The summed E-state index contributed by atoms with van der Waals surface area (Å²) in [6.07, 6.45) is 1.92. The van der Waals surface area contributed by atoms with Gasteiger partial charge in [0.2, 0.25) is 0 Å². The molecule has 0 aliphatic rings. The minimum Gasteiger partial charge on any atom is -0.466 e. The molecule has 2 aromatic heterocycles. The molecule has 0 saturated heterocycles. The van der Waals surface area contributed by atoms with E-state index in [4.69, 9.17) is 9.47 Å². The summed E-state index contributed by atoms with van der Waals surface area (Å²) >= 11 is 0. The Morgan fingerprint density at radius 2 is 1.05 bits per heavy atom. The molecule has 6 rings (SSSR count). The van der Waals surface area contributed by atoms with Gasteiger partial charge in [0.25, 0.3) is 0 Å². The zero-order valence-electron chi connectivity index (χ0n) is 35.9. The Bertz CT molecular complexity index is 2360. The molecular weight excluding hydrogens is 713 g/mol. The number of hydrogen-bond acceptors (Lipinski definition) is 8. The normalized spacial score (nSPS) is 13.5.